The predicted molar refractivity (Wildman–Crippen MR) is 105 cm³/mol. The summed E-state index contributed by atoms with van der Waals surface area (Å²) >= 11 is 0. The Morgan fingerprint density at radius 3 is 2.64 bits per heavy atom. The van der Waals surface area contributed by atoms with Gasteiger partial charge in [0.05, 0.1) is 6.61 Å². The first kappa shape index (κ1) is 21.7. The lowest BCUT2D eigenvalue weighted by atomic mass is 9.96. The fraction of sp³-hybridized carbons (Fsp3) is 0.571. The number of amides is 3. The topological polar surface area (TPSA) is 93.7 Å². The molecule has 0 radical (unpaired) electrons. The van der Waals surface area contributed by atoms with Crippen LogP contribution >= 0.6 is 0 Å². The molecule has 1 saturated carbocycles. The molecule has 154 valence electrons. The van der Waals surface area contributed by atoms with Gasteiger partial charge in [0.25, 0.3) is 5.91 Å². The summed E-state index contributed by atoms with van der Waals surface area (Å²) in [6.07, 6.45) is 4.79. The van der Waals surface area contributed by atoms with Gasteiger partial charge in [-0.2, -0.15) is 0 Å². The van der Waals surface area contributed by atoms with E-state index in [1.807, 2.05) is 31.2 Å². The van der Waals surface area contributed by atoms with Crippen molar-refractivity contribution in [1.82, 2.24) is 10.6 Å². The number of hydrogen-bond donors (Lipinski definition) is 2. The van der Waals surface area contributed by atoms with Crippen LogP contribution in [-0.4, -0.2) is 36.7 Å². The van der Waals surface area contributed by atoms with Crippen LogP contribution in [0, 0.1) is 6.92 Å². The Morgan fingerprint density at radius 2 is 1.93 bits per heavy atom. The van der Waals surface area contributed by atoms with Gasteiger partial charge < -0.3 is 14.8 Å². The van der Waals surface area contributed by atoms with Crippen LogP contribution in [0.1, 0.15) is 57.4 Å². The van der Waals surface area contributed by atoms with Crippen molar-refractivity contribution in [3.63, 3.8) is 0 Å². The average molecular weight is 390 g/mol. The lowest BCUT2D eigenvalue weighted by Crippen LogP contribution is -2.48. The van der Waals surface area contributed by atoms with Gasteiger partial charge in [0.2, 0.25) is 0 Å². The summed E-state index contributed by atoms with van der Waals surface area (Å²) in [6, 6.07) is 7.23. The van der Waals surface area contributed by atoms with Crippen molar-refractivity contribution >= 4 is 17.9 Å². The Labute approximate surface area is 166 Å². The van der Waals surface area contributed by atoms with E-state index in [2.05, 4.69) is 10.6 Å². The van der Waals surface area contributed by atoms with E-state index in [4.69, 9.17) is 9.47 Å². The molecule has 28 heavy (non-hydrogen) atoms. The summed E-state index contributed by atoms with van der Waals surface area (Å²) in [5.41, 5.74) is 1.10. The van der Waals surface area contributed by atoms with Crippen LogP contribution in [0.25, 0.3) is 0 Å². The van der Waals surface area contributed by atoms with Crippen LogP contribution in [0.15, 0.2) is 24.3 Å². The van der Waals surface area contributed by atoms with Crippen molar-refractivity contribution in [1.29, 1.82) is 0 Å². The first-order valence-corrected chi connectivity index (χ1v) is 9.94. The molecule has 1 aliphatic rings. The van der Waals surface area contributed by atoms with Crippen LogP contribution in [0.5, 0.6) is 5.75 Å². The third kappa shape index (κ3) is 7.98. The van der Waals surface area contributed by atoms with Gasteiger partial charge >= 0.3 is 12.0 Å². The number of aryl methyl sites for hydroxylation is 1. The molecule has 1 aliphatic carbocycles. The van der Waals surface area contributed by atoms with E-state index < -0.39 is 24.0 Å². The maximum Gasteiger partial charge on any atom is 0.321 e. The Hall–Kier alpha value is -2.57. The molecule has 0 aliphatic heterocycles. The SMILES string of the molecule is Cc1cccc(OCCCC(=O)O[C@H](C)C(=O)NC(=O)NC2CCCCC2)c1. The smallest absolute Gasteiger partial charge is 0.321 e. The quantitative estimate of drug-likeness (QED) is 0.525. The molecule has 0 aromatic heterocycles. The molecular weight excluding hydrogens is 360 g/mol. The Kier molecular flexibility index (Phi) is 8.78. The molecule has 1 fully saturated rings. The lowest BCUT2D eigenvalue weighted by Gasteiger charge is -2.23. The highest BCUT2D eigenvalue weighted by molar-refractivity contribution is 5.97. The number of urea groups is 1. The number of esters is 1. The minimum absolute atomic E-state index is 0.104. The summed E-state index contributed by atoms with van der Waals surface area (Å²) < 4.78 is 10.7. The molecule has 1 aromatic carbocycles. The number of nitrogens with one attached hydrogen (secondary N) is 2. The van der Waals surface area contributed by atoms with E-state index in [0.29, 0.717) is 13.0 Å². The molecule has 2 rings (SSSR count). The molecule has 3 amide bonds. The maximum absolute atomic E-state index is 12.0. The lowest BCUT2D eigenvalue weighted by molar-refractivity contribution is -0.154. The van der Waals surface area contributed by atoms with Gasteiger partial charge in [-0.05, 0) is 50.8 Å². The number of imide groups is 1. The van der Waals surface area contributed by atoms with Gasteiger partial charge in [-0.15, -0.1) is 0 Å². The first-order chi connectivity index (χ1) is 13.4. The van der Waals surface area contributed by atoms with E-state index in [1.54, 1.807) is 0 Å². The summed E-state index contributed by atoms with van der Waals surface area (Å²) in [5, 5.41) is 5.03. The summed E-state index contributed by atoms with van der Waals surface area (Å²) in [7, 11) is 0. The summed E-state index contributed by atoms with van der Waals surface area (Å²) in [6.45, 7) is 3.80. The number of rotatable bonds is 8. The first-order valence-electron chi connectivity index (χ1n) is 9.94. The Morgan fingerprint density at radius 1 is 1.18 bits per heavy atom. The summed E-state index contributed by atoms with van der Waals surface area (Å²) in [4.78, 5) is 35.8. The Bertz CT molecular complexity index is 671. The molecule has 1 aromatic rings. The Balaban J connectivity index is 1.61. The highest BCUT2D eigenvalue weighted by Gasteiger charge is 2.22. The van der Waals surface area contributed by atoms with Crippen molar-refractivity contribution < 1.29 is 23.9 Å². The number of carbonyl (C=O) groups is 3. The van der Waals surface area contributed by atoms with Crippen molar-refractivity contribution in [2.24, 2.45) is 0 Å². The number of ether oxygens (including phenoxy) is 2. The molecule has 0 saturated heterocycles. The number of hydrogen-bond acceptors (Lipinski definition) is 5. The molecular formula is C21H30N2O5. The van der Waals surface area contributed by atoms with Gasteiger partial charge in [-0.1, -0.05) is 31.4 Å². The van der Waals surface area contributed by atoms with Crippen molar-refractivity contribution in [2.45, 2.75) is 70.9 Å². The molecule has 7 heteroatoms. The third-order valence-corrected chi connectivity index (χ3v) is 4.64. The van der Waals surface area contributed by atoms with Crippen molar-refractivity contribution in [2.75, 3.05) is 6.61 Å². The minimum atomic E-state index is -1.03. The molecule has 2 N–H and O–H groups in total. The highest BCUT2D eigenvalue weighted by Crippen LogP contribution is 2.17. The molecule has 0 bridgehead atoms. The van der Waals surface area contributed by atoms with Crippen molar-refractivity contribution in [3.8, 4) is 5.75 Å². The number of carbonyl (C=O) groups excluding carboxylic acids is 3. The molecule has 0 heterocycles. The highest BCUT2D eigenvalue weighted by atomic mass is 16.5. The van der Waals surface area contributed by atoms with Crippen LogP contribution in [0.4, 0.5) is 4.79 Å². The van der Waals surface area contributed by atoms with E-state index in [1.165, 1.54) is 13.3 Å². The fourth-order valence-electron chi connectivity index (χ4n) is 3.10. The van der Waals surface area contributed by atoms with Crippen LogP contribution < -0.4 is 15.4 Å². The zero-order chi connectivity index (χ0) is 20.4. The second-order valence-corrected chi connectivity index (χ2v) is 7.20. The van der Waals surface area contributed by atoms with E-state index >= 15 is 0 Å². The van der Waals surface area contributed by atoms with Gasteiger partial charge in [-0.25, -0.2) is 4.79 Å². The third-order valence-electron chi connectivity index (χ3n) is 4.64. The standard InChI is InChI=1S/C21H30N2O5/c1-15-8-6-11-18(14-15)27-13-7-12-19(24)28-16(2)20(25)23-21(26)22-17-9-4-3-5-10-17/h6,8,11,14,16-17H,3-5,7,9-10,12-13H2,1-2H3,(H2,22,23,25,26)/t16-/m1/s1. The number of benzene rings is 1. The second-order valence-electron chi connectivity index (χ2n) is 7.20. The van der Waals surface area contributed by atoms with Crippen LogP contribution in [-0.2, 0) is 14.3 Å². The fourth-order valence-corrected chi connectivity index (χ4v) is 3.10. The van der Waals surface area contributed by atoms with E-state index in [-0.39, 0.29) is 12.5 Å². The van der Waals surface area contributed by atoms with E-state index in [0.717, 1.165) is 37.0 Å². The molecule has 0 unspecified atom stereocenters. The zero-order valence-electron chi connectivity index (χ0n) is 16.7. The molecule has 1 atom stereocenters. The largest absolute Gasteiger partial charge is 0.494 e. The van der Waals surface area contributed by atoms with E-state index in [9.17, 15) is 14.4 Å². The monoisotopic (exact) mass is 390 g/mol. The van der Waals surface area contributed by atoms with Crippen LogP contribution in [0.2, 0.25) is 0 Å². The molecule has 0 spiro atoms. The van der Waals surface area contributed by atoms with Gasteiger partial charge in [0, 0.05) is 12.5 Å². The molecule has 7 nitrogen and oxygen atoms in total. The van der Waals surface area contributed by atoms with Gasteiger partial charge in [0.1, 0.15) is 5.75 Å². The predicted octanol–water partition coefficient (Wildman–Crippen LogP) is 3.24. The maximum atomic E-state index is 12.0. The second kappa shape index (κ2) is 11.3. The normalized spacial score (nSPS) is 15.4. The summed E-state index contributed by atoms with van der Waals surface area (Å²) in [5.74, 6) is -0.369. The van der Waals surface area contributed by atoms with Crippen molar-refractivity contribution in [3.05, 3.63) is 29.8 Å². The van der Waals surface area contributed by atoms with Gasteiger partial charge in [-0.3, -0.25) is 14.9 Å². The average Bonchev–Trinajstić information content (AvgIpc) is 2.66. The minimum Gasteiger partial charge on any atom is -0.494 e. The zero-order valence-corrected chi connectivity index (χ0v) is 16.7. The van der Waals surface area contributed by atoms with Crippen LogP contribution in [0.3, 0.4) is 0 Å². The van der Waals surface area contributed by atoms with Gasteiger partial charge in [0.15, 0.2) is 6.10 Å².